The molecule has 4 heteroatoms. The first-order valence-corrected chi connectivity index (χ1v) is 6.94. The molecule has 0 spiro atoms. The van der Waals surface area contributed by atoms with Crippen LogP contribution in [0.1, 0.15) is 12.8 Å². The van der Waals surface area contributed by atoms with Crippen LogP contribution in [0, 0.1) is 0 Å². The van der Waals surface area contributed by atoms with Gasteiger partial charge in [-0.25, -0.2) is 8.42 Å². The maximum atomic E-state index is 12.2. The Morgan fingerprint density at radius 1 is 1.31 bits per heavy atom. The van der Waals surface area contributed by atoms with E-state index in [1.165, 1.54) is 18.2 Å². The summed E-state index contributed by atoms with van der Waals surface area (Å²) >= 11 is 0. The van der Waals surface area contributed by atoms with Crippen molar-refractivity contribution in [1.29, 1.82) is 0 Å². The van der Waals surface area contributed by atoms with Gasteiger partial charge >= 0.3 is 0 Å². The lowest BCUT2D eigenvalue weighted by Crippen LogP contribution is -2.37. The lowest BCUT2D eigenvalue weighted by Gasteiger charge is -2.28. The fourth-order valence-corrected chi connectivity index (χ4v) is 3.62. The van der Waals surface area contributed by atoms with Crippen molar-refractivity contribution in [2.75, 3.05) is 20.1 Å². The Bertz CT molecular complexity index is 387. The number of likely N-dealkylation sites (tertiary alicyclic amines) is 1. The highest BCUT2D eigenvalue weighted by atomic mass is 32.2. The second kappa shape index (κ2) is 5.46. The molecular formula is C12H19NO2S. The van der Waals surface area contributed by atoms with Crippen LogP contribution >= 0.6 is 0 Å². The third-order valence-electron chi connectivity index (χ3n) is 2.92. The Kier molecular flexibility index (Phi) is 4.50. The number of rotatable bonds is 4. The average molecular weight is 241 g/mol. The van der Waals surface area contributed by atoms with Crippen molar-refractivity contribution in [3.8, 4) is 0 Å². The maximum absolute atomic E-state index is 12.2. The van der Waals surface area contributed by atoms with Crippen molar-refractivity contribution in [3.63, 3.8) is 0 Å². The zero-order valence-electron chi connectivity index (χ0n) is 9.72. The summed E-state index contributed by atoms with van der Waals surface area (Å²) in [6.07, 6.45) is 5.79. The van der Waals surface area contributed by atoms with E-state index in [1.54, 1.807) is 0 Å². The number of hydrogen-bond acceptors (Lipinski definition) is 3. The Hall–Kier alpha value is -0.870. The molecule has 0 aromatic heterocycles. The van der Waals surface area contributed by atoms with Crippen molar-refractivity contribution in [1.82, 2.24) is 4.90 Å². The largest absolute Gasteiger partial charge is 0.306 e. The van der Waals surface area contributed by atoms with Crippen LogP contribution in [-0.2, 0) is 9.84 Å². The van der Waals surface area contributed by atoms with Crippen LogP contribution in [0.4, 0.5) is 0 Å². The molecule has 1 heterocycles. The quantitative estimate of drug-likeness (QED) is 0.704. The molecule has 0 radical (unpaired) electrons. The number of sulfone groups is 1. The van der Waals surface area contributed by atoms with E-state index in [0.29, 0.717) is 12.8 Å². The second-order valence-electron chi connectivity index (χ2n) is 4.06. The molecule has 0 aromatic rings. The molecule has 0 amide bonds. The summed E-state index contributed by atoms with van der Waals surface area (Å²) in [5.74, 6) is 0. The monoisotopic (exact) mass is 241 g/mol. The third kappa shape index (κ3) is 2.83. The zero-order chi connectivity index (χ0) is 12.2. The normalized spacial score (nSPS) is 20.7. The molecule has 3 nitrogen and oxygen atoms in total. The van der Waals surface area contributed by atoms with Crippen LogP contribution in [0.15, 0.2) is 36.3 Å². The van der Waals surface area contributed by atoms with Gasteiger partial charge in [-0.15, -0.1) is 0 Å². The summed E-state index contributed by atoms with van der Waals surface area (Å²) in [5, 5.41) is -0.270. The molecule has 1 saturated heterocycles. The topological polar surface area (TPSA) is 37.4 Å². The number of allylic oxidation sites excluding steroid dienone is 3. The van der Waals surface area contributed by atoms with Gasteiger partial charge in [0, 0.05) is 0 Å². The van der Waals surface area contributed by atoms with Crippen molar-refractivity contribution in [2.24, 2.45) is 0 Å². The lowest BCUT2D eigenvalue weighted by molar-refractivity contribution is 0.278. The molecular weight excluding hydrogens is 222 g/mol. The molecule has 0 bridgehead atoms. The number of nitrogens with zero attached hydrogens (tertiary/aromatic N) is 1. The Morgan fingerprint density at radius 2 is 1.88 bits per heavy atom. The van der Waals surface area contributed by atoms with Gasteiger partial charge in [-0.3, -0.25) is 0 Å². The van der Waals surface area contributed by atoms with Gasteiger partial charge in [-0.2, -0.15) is 0 Å². The molecule has 0 N–H and O–H groups in total. The minimum atomic E-state index is -3.21. The first kappa shape index (κ1) is 13.2. The molecule has 0 unspecified atom stereocenters. The summed E-state index contributed by atoms with van der Waals surface area (Å²) in [7, 11) is -1.20. The number of piperidine rings is 1. The fraction of sp³-hybridized carbons (Fsp3) is 0.500. The number of hydrogen-bond donors (Lipinski definition) is 0. The summed E-state index contributed by atoms with van der Waals surface area (Å²) in [6, 6.07) is 0. The van der Waals surface area contributed by atoms with Crippen LogP contribution in [0.2, 0.25) is 0 Å². The van der Waals surface area contributed by atoms with Gasteiger partial charge < -0.3 is 4.90 Å². The van der Waals surface area contributed by atoms with E-state index in [2.05, 4.69) is 18.1 Å². The van der Waals surface area contributed by atoms with E-state index in [-0.39, 0.29) is 10.2 Å². The SMILES string of the molecule is C=C/C=C(\C=C)S(=O)(=O)C1CCN(C)CC1. The highest BCUT2D eigenvalue weighted by Crippen LogP contribution is 2.23. The van der Waals surface area contributed by atoms with Crippen molar-refractivity contribution >= 4 is 9.84 Å². The van der Waals surface area contributed by atoms with Gasteiger partial charge in [-0.1, -0.05) is 25.3 Å². The highest BCUT2D eigenvalue weighted by Gasteiger charge is 2.30. The molecule has 1 aliphatic rings. The Morgan fingerprint density at radius 3 is 2.31 bits per heavy atom. The standard InChI is InChI=1S/C12H19NO2S/c1-4-6-11(5-2)16(14,15)12-7-9-13(3)10-8-12/h4-6,12H,1-2,7-10H2,3H3/b11-6+. The van der Waals surface area contributed by atoms with Gasteiger partial charge in [0.25, 0.3) is 0 Å². The van der Waals surface area contributed by atoms with Gasteiger partial charge in [-0.05, 0) is 39.1 Å². The Labute approximate surface area is 98.1 Å². The van der Waals surface area contributed by atoms with E-state index in [4.69, 9.17) is 0 Å². The summed E-state index contributed by atoms with van der Waals surface area (Å²) < 4.78 is 24.4. The van der Waals surface area contributed by atoms with Gasteiger partial charge in [0.05, 0.1) is 10.2 Å². The van der Waals surface area contributed by atoms with Crippen molar-refractivity contribution < 1.29 is 8.42 Å². The van der Waals surface area contributed by atoms with Crippen LogP contribution in [0.3, 0.4) is 0 Å². The molecule has 16 heavy (non-hydrogen) atoms. The molecule has 0 saturated carbocycles. The molecule has 1 rings (SSSR count). The zero-order valence-corrected chi connectivity index (χ0v) is 10.5. The first-order chi connectivity index (χ1) is 7.52. The first-order valence-electron chi connectivity index (χ1n) is 5.40. The van der Waals surface area contributed by atoms with E-state index >= 15 is 0 Å². The second-order valence-corrected chi connectivity index (χ2v) is 6.28. The molecule has 0 aliphatic carbocycles. The fourth-order valence-electron chi connectivity index (χ4n) is 1.88. The third-order valence-corrected chi connectivity index (χ3v) is 5.23. The van der Waals surface area contributed by atoms with Crippen molar-refractivity contribution in [2.45, 2.75) is 18.1 Å². The minimum Gasteiger partial charge on any atom is -0.306 e. The lowest BCUT2D eigenvalue weighted by atomic mass is 10.1. The highest BCUT2D eigenvalue weighted by molar-refractivity contribution is 7.96. The Balaban J connectivity index is 2.89. The van der Waals surface area contributed by atoms with Gasteiger partial charge in [0.15, 0.2) is 9.84 Å². The predicted molar refractivity (Wildman–Crippen MR) is 67.9 cm³/mol. The van der Waals surface area contributed by atoms with Crippen LogP contribution in [-0.4, -0.2) is 38.7 Å². The van der Waals surface area contributed by atoms with Crippen LogP contribution in [0.25, 0.3) is 0 Å². The van der Waals surface area contributed by atoms with Crippen molar-refractivity contribution in [3.05, 3.63) is 36.3 Å². The summed E-state index contributed by atoms with van der Waals surface area (Å²) in [6.45, 7) is 8.74. The summed E-state index contributed by atoms with van der Waals surface area (Å²) in [4.78, 5) is 2.44. The molecule has 0 atom stereocenters. The van der Waals surface area contributed by atoms with Crippen LogP contribution in [0.5, 0.6) is 0 Å². The van der Waals surface area contributed by atoms with Gasteiger partial charge in [0.1, 0.15) is 0 Å². The van der Waals surface area contributed by atoms with E-state index in [0.717, 1.165) is 13.1 Å². The molecule has 1 aliphatic heterocycles. The van der Waals surface area contributed by atoms with Gasteiger partial charge in [0.2, 0.25) is 0 Å². The predicted octanol–water partition coefficient (Wildman–Crippen LogP) is 1.75. The van der Waals surface area contributed by atoms with E-state index < -0.39 is 9.84 Å². The van der Waals surface area contributed by atoms with E-state index in [9.17, 15) is 8.42 Å². The smallest absolute Gasteiger partial charge is 0.181 e. The average Bonchev–Trinajstić information content (AvgIpc) is 2.26. The van der Waals surface area contributed by atoms with E-state index in [1.807, 2.05) is 7.05 Å². The van der Waals surface area contributed by atoms with Crippen LogP contribution < -0.4 is 0 Å². The maximum Gasteiger partial charge on any atom is 0.181 e. The molecule has 90 valence electrons. The summed E-state index contributed by atoms with van der Waals surface area (Å²) in [5.41, 5.74) is 0. The molecule has 0 aromatic carbocycles. The minimum absolute atomic E-state index is 0.270. The molecule has 1 fully saturated rings.